The fraction of sp³-hybridized carbons (Fsp3) is 0.250. The van der Waals surface area contributed by atoms with Crippen LogP contribution >= 0.6 is 11.3 Å². The van der Waals surface area contributed by atoms with Crippen LogP contribution in [-0.4, -0.2) is 4.98 Å². The average molecular weight is 287 g/mol. The first kappa shape index (κ1) is 14.0. The Morgan fingerprint density at radius 1 is 1.26 bits per heavy atom. The summed E-state index contributed by atoms with van der Waals surface area (Å²) in [6.07, 6.45) is -2.66. The Morgan fingerprint density at radius 2 is 1.89 bits per heavy atom. The van der Waals surface area contributed by atoms with Crippen LogP contribution in [-0.2, 0) is 6.18 Å². The number of nitrogens with one attached hydrogen (secondary N) is 1. The Bertz CT molecular complexity index is 548. The van der Waals surface area contributed by atoms with Crippen LogP contribution in [0, 0.1) is 6.92 Å². The fourth-order valence-corrected chi connectivity index (χ4v) is 2.59. The first-order valence-corrected chi connectivity index (χ1v) is 6.29. The van der Waals surface area contributed by atoms with Gasteiger partial charge in [0, 0.05) is 11.1 Å². The molecule has 102 valence electrons. The lowest BCUT2D eigenvalue weighted by Gasteiger charge is -2.15. The number of benzene rings is 1. The summed E-state index contributed by atoms with van der Waals surface area (Å²) < 4.78 is 37.4. The molecule has 19 heavy (non-hydrogen) atoms. The smallest absolute Gasteiger partial charge is 0.271 e. The van der Waals surface area contributed by atoms with Crippen molar-refractivity contribution < 1.29 is 13.2 Å². The molecule has 0 aliphatic heterocycles. The van der Waals surface area contributed by atoms with Gasteiger partial charge in [0.25, 0.3) is 0 Å². The van der Waals surface area contributed by atoms with E-state index in [1.54, 1.807) is 6.20 Å². The molecule has 2 aromatic rings. The number of rotatable bonds is 3. The average Bonchev–Trinajstić information content (AvgIpc) is 2.76. The van der Waals surface area contributed by atoms with E-state index in [0.29, 0.717) is 5.56 Å². The third kappa shape index (κ3) is 3.12. The van der Waals surface area contributed by atoms with Crippen LogP contribution in [0.2, 0.25) is 0 Å². The van der Waals surface area contributed by atoms with Gasteiger partial charge in [0.05, 0.1) is 16.6 Å². The third-order valence-electron chi connectivity index (χ3n) is 2.66. The number of hydrogen-bond donors (Lipinski definition) is 2. The highest BCUT2D eigenvalue weighted by Gasteiger charge is 2.30. The highest BCUT2D eigenvalue weighted by Crippen LogP contribution is 2.31. The van der Waals surface area contributed by atoms with Gasteiger partial charge in [-0.25, -0.2) is 10.4 Å². The molecule has 0 amide bonds. The number of hydrogen-bond acceptors (Lipinski definition) is 4. The summed E-state index contributed by atoms with van der Waals surface area (Å²) in [6.45, 7) is 1.86. The van der Waals surface area contributed by atoms with Gasteiger partial charge in [-0.2, -0.15) is 13.2 Å². The fourth-order valence-electron chi connectivity index (χ4n) is 1.72. The van der Waals surface area contributed by atoms with Crippen molar-refractivity contribution in [1.82, 2.24) is 10.4 Å². The van der Waals surface area contributed by atoms with Crippen molar-refractivity contribution in [1.29, 1.82) is 0 Å². The molecule has 0 saturated carbocycles. The van der Waals surface area contributed by atoms with Crippen LogP contribution in [0.5, 0.6) is 0 Å². The molecule has 7 heteroatoms. The Labute approximate surface area is 112 Å². The van der Waals surface area contributed by atoms with Gasteiger partial charge in [0.2, 0.25) is 0 Å². The Morgan fingerprint density at radius 3 is 2.32 bits per heavy atom. The lowest BCUT2D eigenvalue weighted by Crippen LogP contribution is -2.28. The van der Waals surface area contributed by atoms with Crippen LogP contribution in [0.25, 0.3) is 0 Å². The van der Waals surface area contributed by atoms with Crippen LogP contribution in [0.1, 0.15) is 27.1 Å². The monoisotopic (exact) mass is 287 g/mol. The summed E-state index contributed by atoms with van der Waals surface area (Å²) in [7, 11) is 0. The Kier molecular flexibility index (Phi) is 3.88. The lowest BCUT2D eigenvalue weighted by molar-refractivity contribution is -0.137. The number of hydrazine groups is 1. The maximum absolute atomic E-state index is 12.5. The van der Waals surface area contributed by atoms with Crippen LogP contribution < -0.4 is 11.3 Å². The minimum atomic E-state index is -4.33. The number of aryl methyl sites for hydroxylation is 1. The van der Waals surface area contributed by atoms with Gasteiger partial charge in [-0.3, -0.25) is 5.84 Å². The van der Waals surface area contributed by atoms with E-state index in [2.05, 4.69) is 10.4 Å². The molecule has 3 nitrogen and oxygen atoms in total. The van der Waals surface area contributed by atoms with Gasteiger partial charge in [-0.05, 0) is 24.6 Å². The predicted molar refractivity (Wildman–Crippen MR) is 67.5 cm³/mol. The van der Waals surface area contributed by atoms with Crippen LogP contribution in [0.4, 0.5) is 13.2 Å². The van der Waals surface area contributed by atoms with E-state index in [-0.39, 0.29) is 6.04 Å². The van der Waals surface area contributed by atoms with E-state index >= 15 is 0 Å². The van der Waals surface area contributed by atoms with Crippen molar-refractivity contribution in [3.05, 3.63) is 51.5 Å². The van der Waals surface area contributed by atoms with Crippen molar-refractivity contribution in [3.63, 3.8) is 0 Å². The number of nitrogens with zero attached hydrogens (tertiary/aromatic N) is 1. The van der Waals surface area contributed by atoms with E-state index in [9.17, 15) is 13.2 Å². The van der Waals surface area contributed by atoms with Gasteiger partial charge >= 0.3 is 6.18 Å². The molecule has 0 aliphatic rings. The molecule has 3 N–H and O–H groups in total. The maximum atomic E-state index is 12.5. The first-order chi connectivity index (χ1) is 8.91. The molecule has 0 radical (unpaired) electrons. The van der Waals surface area contributed by atoms with Crippen molar-refractivity contribution in [3.8, 4) is 0 Å². The van der Waals surface area contributed by atoms with Crippen molar-refractivity contribution in [2.75, 3.05) is 0 Å². The molecule has 1 aromatic carbocycles. The zero-order valence-electron chi connectivity index (χ0n) is 10.0. The summed E-state index contributed by atoms with van der Waals surface area (Å²) in [6, 6.07) is 4.58. The van der Waals surface area contributed by atoms with Crippen LogP contribution in [0.15, 0.2) is 30.5 Å². The number of thiazole rings is 1. The molecule has 0 bridgehead atoms. The summed E-state index contributed by atoms with van der Waals surface area (Å²) >= 11 is 1.45. The van der Waals surface area contributed by atoms with Crippen molar-refractivity contribution >= 4 is 11.3 Å². The molecular weight excluding hydrogens is 275 g/mol. The Balaban J connectivity index is 2.30. The second-order valence-corrected chi connectivity index (χ2v) is 5.27. The summed E-state index contributed by atoms with van der Waals surface area (Å²) in [5, 5.41) is 0.877. The minimum Gasteiger partial charge on any atom is -0.271 e. The first-order valence-electron chi connectivity index (χ1n) is 5.47. The number of nitrogens with two attached hydrogens (primary N) is 1. The number of aromatic nitrogens is 1. The van der Waals surface area contributed by atoms with Gasteiger partial charge in [0.1, 0.15) is 0 Å². The number of alkyl halides is 3. The van der Waals surface area contributed by atoms with E-state index in [1.165, 1.54) is 23.5 Å². The SMILES string of the molecule is Cc1ncc(C(NN)c2ccc(C(F)(F)F)cc2)s1. The highest BCUT2D eigenvalue weighted by molar-refractivity contribution is 7.11. The Hall–Kier alpha value is -1.44. The molecule has 1 aromatic heterocycles. The minimum absolute atomic E-state index is 0.353. The maximum Gasteiger partial charge on any atom is 0.416 e. The van der Waals surface area contributed by atoms with Gasteiger partial charge in [0.15, 0.2) is 0 Å². The quantitative estimate of drug-likeness (QED) is 0.674. The highest BCUT2D eigenvalue weighted by atomic mass is 32.1. The summed E-state index contributed by atoms with van der Waals surface area (Å²) in [5.74, 6) is 5.48. The van der Waals surface area contributed by atoms with Crippen molar-refractivity contribution in [2.45, 2.75) is 19.1 Å². The topological polar surface area (TPSA) is 50.9 Å². The molecule has 0 aliphatic carbocycles. The molecular formula is C12H12F3N3S. The molecule has 2 rings (SSSR count). The van der Waals surface area contributed by atoms with Crippen LogP contribution in [0.3, 0.4) is 0 Å². The summed E-state index contributed by atoms with van der Waals surface area (Å²) in [4.78, 5) is 4.97. The number of halogens is 3. The second kappa shape index (κ2) is 5.28. The normalized spacial score (nSPS) is 13.5. The van der Waals surface area contributed by atoms with Crippen molar-refractivity contribution in [2.24, 2.45) is 5.84 Å². The van der Waals surface area contributed by atoms with E-state index in [0.717, 1.165) is 22.0 Å². The molecule has 0 spiro atoms. The van der Waals surface area contributed by atoms with Gasteiger partial charge < -0.3 is 0 Å². The molecule has 1 heterocycles. The van der Waals surface area contributed by atoms with E-state index < -0.39 is 11.7 Å². The van der Waals surface area contributed by atoms with E-state index in [4.69, 9.17) is 5.84 Å². The zero-order valence-corrected chi connectivity index (χ0v) is 10.8. The van der Waals surface area contributed by atoms with E-state index in [1.807, 2.05) is 6.92 Å². The van der Waals surface area contributed by atoms with Gasteiger partial charge in [-0.15, -0.1) is 11.3 Å². The second-order valence-electron chi connectivity index (χ2n) is 4.00. The zero-order chi connectivity index (χ0) is 14.0. The summed E-state index contributed by atoms with van der Waals surface area (Å²) in [5.41, 5.74) is 2.59. The predicted octanol–water partition coefficient (Wildman–Crippen LogP) is 3.02. The molecule has 0 fully saturated rings. The molecule has 1 unspecified atom stereocenters. The lowest BCUT2D eigenvalue weighted by atomic mass is 10.0. The molecule has 1 atom stereocenters. The molecule has 0 saturated heterocycles. The standard InChI is InChI=1S/C12H12F3N3S/c1-7-17-6-10(19-7)11(18-16)8-2-4-9(5-3-8)12(13,14)15/h2-6,11,18H,16H2,1H3. The largest absolute Gasteiger partial charge is 0.416 e. The third-order valence-corrected chi connectivity index (χ3v) is 3.64. The van der Waals surface area contributed by atoms with Gasteiger partial charge in [-0.1, -0.05) is 12.1 Å².